The van der Waals surface area contributed by atoms with Gasteiger partial charge >= 0.3 is 10.1 Å². The maximum Gasteiger partial charge on any atom is 0.319 e. The minimum atomic E-state index is -3.94. The fourth-order valence-corrected chi connectivity index (χ4v) is 3.60. The van der Waals surface area contributed by atoms with Gasteiger partial charge in [-0.15, -0.1) is 0 Å². The molecule has 0 aromatic rings. The van der Waals surface area contributed by atoms with E-state index in [0.717, 1.165) is 19.6 Å². The van der Waals surface area contributed by atoms with Gasteiger partial charge in [0, 0.05) is 6.42 Å². The van der Waals surface area contributed by atoms with Crippen LogP contribution in [0.1, 0.15) is 34.1 Å². The van der Waals surface area contributed by atoms with Crippen molar-refractivity contribution in [2.24, 2.45) is 0 Å². The van der Waals surface area contributed by atoms with E-state index >= 15 is 0 Å². The standard InChI is InChI=1S/C9H21NO3S/c1-5-9(14(11,12)13)10(6-2,7-3)8-4/h9H,5-8H2,1-4H3/p+1. The van der Waals surface area contributed by atoms with Crippen LogP contribution in [0.3, 0.4) is 0 Å². The van der Waals surface area contributed by atoms with E-state index in [9.17, 15) is 8.42 Å². The summed E-state index contributed by atoms with van der Waals surface area (Å²) in [6.45, 7) is 9.86. The lowest BCUT2D eigenvalue weighted by molar-refractivity contribution is -0.934. The number of quaternary nitrogens is 1. The molecule has 1 atom stereocenters. The molecule has 1 N–H and O–H groups in total. The largest absolute Gasteiger partial charge is 0.319 e. The molecule has 0 heterocycles. The Balaban J connectivity index is 5.15. The van der Waals surface area contributed by atoms with E-state index in [2.05, 4.69) is 0 Å². The van der Waals surface area contributed by atoms with Gasteiger partial charge in [-0.25, -0.2) is 0 Å². The van der Waals surface area contributed by atoms with Gasteiger partial charge in [0.05, 0.1) is 19.6 Å². The van der Waals surface area contributed by atoms with Crippen LogP contribution in [0.4, 0.5) is 0 Å². The van der Waals surface area contributed by atoms with Gasteiger partial charge in [0.1, 0.15) is 0 Å². The van der Waals surface area contributed by atoms with Crippen molar-refractivity contribution < 1.29 is 17.5 Å². The fraction of sp³-hybridized carbons (Fsp3) is 1.00. The third kappa shape index (κ3) is 2.68. The van der Waals surface area contributed by atoms with Gasteiger partial charge in [0.15, 0.2) is 0 Å². The van der Waals surface area contributed by atoms with Gasteiger partial charge in [-0.3, -0.25) is 4.55 Å². The third-order valence-corrected chi connectivity index (χ3v) is 4.66. The van der Waals surface area contributed by atoms with Crippen LogP contribution in [-0.4, -0.2) is 42.5 Å². The van der Waals surface area contributed by atoms with Gasteiger partial charge in [-0.05, 0) is 20.8 Å². The van der Waals surface area contributed by atoms with Crippen LogP contribution >= 0.6 is 0 Å². The first-order valence-electron chi connectivity index (χ1n) is 5.20. The summed E-state index contributed by atoms with van der Waals surface area (Å²) < 4.78 is 32.1. The summed E-state index contributed by atoms with van der Waals surface area (Å²) in [7, 11) is -3.94. The Morgan fingerprint density at radius 1 is 1.07 bits per heavy atom. The number of hydrogen-bond donors (Lipinski definition) is 1. The SMILES string of the molecule is CCC([N+](CC)(CC)CC)S(=O)(=O)O. The molecular formula is C9H22NO3S+. The summed E-state index contributed by atoms with van der Waals surface area (Å²) in [5.41, 5.74) is 0. The highest BCUT2D eigenvalue weighted by atomic mass is 32.2. The van der Waals surface area contributed by atoms with Gasteiger partial charge in [-0.1, -0.05) is 6.92 Å². The predicted octanol–water partition coefficient (Wildman–Crippen LogP) is 1.49. The van der Waals surface area contributed by atoms with Gasteiger partial charge in [-0.2, -0.15) is 8.42 Å². The Kier molecular flexibility index (Phi) is 5.05. The normalized spacial score (nSPS) is 15.5. The molecule has 0 aliphatic heterocycles. The molecule has 14 heavy (non-hydrogen) atoms. The highest BCUT2D eigenvalue weighted by molar-refractivity contribution is 7.86. The summed E-state index contributed by atoms with van der Waals surface area (Å²) in [5.74, 6) is 0. The molecule has 0 bridgehead atoms. The average Bonchev–Trinajstić information content (AvgIpc) is 2.12. The van der Waals surface area contributed by atoms with Gasteiger partial charge in [0.2, 0.25) is 5.37 Å². The zero-order valence-corrected chi connectivity index (χ0v) is 10.3. The third-order valence-electron chi connectivity index (χ3n) is 3.19. The lowest BCUT2D eigenvalue weighted by atomic mass is 10.3. The first-order chi connectivity index (χ1) is 6.37. The molecule has 4 nitrogen and oxygen atoms in total. The van der Waals surface area contributed by atoms with Crippen LogP contribution in [-0.2, 0) is 10.1 Å². The molecule has 0 aliphatic rings. The summed E-state index contributed by atoms with van der Waals surface area (Å²) in [5, 5.41) is -0.678. The molecule has 0 aliphatic carbocycles. The zero-order chi connectivity index (χ0) is 11.4. The van der Waals surface area contributed by atoms with Crippen LogP contribution < -0.4 is 0 Å². The Morgan fingerprint density at radius 3 is 1.50 bits per heavy atom. The van der Waals surface area contributed by atoms with Crippen molar-refractivity contribution in [3.8, 4) is 0 Å². The number of nitrogens with zero attached hydrogens (tertiary/aromatic N) is 1. The van der Waals surface area contributed by atoms with E-state index in [1.807, 2.05) is 20.8 Å². The van der Waals surface area contributed by atoms with Crippen LogP contribution in [0, 0.1) is 0 Å². The summed E-state index contributed by atoms with van der Waals surface area (Å²) in [4.78, 5) is 0. The zero-order valence-electron chi connectivity index (χ0n) is 9.52. The van der Waals surface area contributed by atoms with Crippen molar-refractivity contribution in [3.05, 3.63) is 0 Å². The molecule has 0 rings (SSSR count). The lowest BCUT2D eigenvalue weighted by Gasteiger charge is -2.40. The number of rotatable bonds is 6. The van der Waals surface area contributed by atoms with Crippen molar-refractivity contribution in [1.82, 2.24) is 0 Å². The van der Waals surface area contributed by atoms with Gasteiger partial charge < -0.3 is 4.48 Å². The highest BCUT2D eigenvalue weighted by Crippen LogP contribution is 2.20. The molecule has 0 saturated heterocycles. The van der Waals surface area contributed by atoms with Crippen LogP contribution in [0.5, 0.6) is 0 Å². The van der Waals surface area contributed by atoms with E-state index in [1.54, 1.807) is 6.92 Å². The Morgan fingerprint density at radius 2 is 1.43 bits per heavy atom. The minimum Gasteiger partial charge on any atom is -0.307 e. The first kappa shape index (κ1) is 13.9. The lowest BCUT2D eigenvalue weighted by Crippen LogP contribution is -2.57. The Hall–Kier alpha value is -0.130. The Labute approximate surface area is 87.3 Å². The molecule has 1 unspecified atom stereocenters. The summed E-state index contributed by atoms with van der Waals surface area (Å²) >= 11 is 0. The fourth-order valence-electron chi connectivity index (χ4n) is 2.16. The van der Waals surface area contributed by atoms with Crippen molar-refractivity contribution in [3.63, 3.8) is 0 Å². The molecule has 0 spiro atoms. The second kappa shape index (κ2) is 5.09. The molecule has 0 aromatic heterocycles. The van der Waals surface area contributed by atoms with Gasteiger partial charge in [0.25, 0.3) is 0 Å². The molecule has 0 radical (unpaired) electrons. The molecule has 0 saturated carbocycles. The summed E-state index contributed by atoms with van der Waals surface area (Å²) in [6, 6.07) is 0. The van der Waals surface area contributed by atoms with Crippen LogP contribution in [0.2, 0.25) is 0 Å². The van der Waals surface area contributed by atoms with Crippen molar-refractivity contribution >= 4 is 10.1 Å². The van der Waals surface area contributed by atoms with Crippen LogP contribution in [0.15, 0.2) is 0 Å². The van der Waals surface area contributed by atoms with Crippen LogP contribution in [0.25, 0.3) is 0 Å². The van der Waals surface area contributed by atoms with E-state index in [-0.39, 0.29) is 0 Å². The van der Waals surface area contributed by atoms with E-state index in [1.165, 1.54) is 0 Å². The Bertz CT molecular complexity index is 249. The summed E-state index contributed by atoms with van der Waals surface area (Å²) in [6.07, 6.45) is 0.453. The average molecular weight is 224 g/mol. The molecule has 86 valence electrons. The second-order valence-corrected chi connectivity index (χ2v) is 5.12. The topological polar surface area (TPSA) is 54.4 Å². The highest BCUT2D eigenvalue weighted by Gasteiger charge is 2.39. The second-order valence-electron chi connectivity index (χ2n) is 3.55. The van der Waals surface area contributed by atoms with E-state index in [4.69, 9.17) is 4.55 Å². The molecular weight excluding hydrogens is 202 g/mol. The van der Waals surface area contributed by atoms with Crippen molar-refractivity contribution in [2.45, 2.75) is 39.5 Å². The number of hydrogen-bond acceptors (Lipinski definition) is 2. The molecule has 5 heteroatoms. The maximum atomic E-state index is 11.2. The maximum absolute atomic E-state index is 11.2. The molecule has 0 fully saturated rings. The molecule has 0 amide bonds. The monoisotopic (exact) mass is 224 g/mol. The smallest absolute Gasteiger partial charge is 0.307 e. The first-order valence-corrected chi connectivity index (χ1v) is 6.70. The minimum absolute atomic E-state index is 0.440. The van der Waals surface area contributed by atoms with E-state index < -0.39 is 15.5 Å². The molecule has 0 aromatic carbocycles. The van der Waals surface area contributed by atoms with Crippen molar-refractivity contribution in [1.29, 1.82) is 0 Å². The van der Waals surface area contributed by atoms with E-state index in [0.29, 0.717) is 10.9 Å². The quantitative estimate of drug-likeness (QED) is 0.549. The van der Waals surface area contributed by atoms with Crippen molar-refractivity contribution in [2.75, 3.05) is 19.6 Å². The predicted molar refractivity (Wildman–Crippen MR) is 57.5 cm³/mol.